The molecule has 0 atom stereocenters. The largest absolute Gasteiger partial charge is 0.416 e. The minimum absolute atomic E-state index is 0.0440. The first-order chi connectivity index (χ1) is 14.3. The second kappa shape index (κ2) is 8.15. The van der Waals surface area contributed by atoms with Crippen molar-refractivity contribution >= 4 is 15.9 Å². The molecule has 31 heavy (non-hydrogen) atoms. The number of rotatable bonds is 3. The summed E-state index contributed by atoms with van der Waals surface area (Å²) >= 11 is 0. The number of sulfonamides is 1. The zero-order chi connectivity index (χ0) is 23.0. The summed E-state index contributed by atoms with van der Waals surface area (Å²) in [5.74, 6) is -1.03. The SMILES string of the molecule is O=C(c1cc(C(F)(F)F)cc(C(F)(F)F)c1)N1CCN(S(=O)(=O)c2ccccc2)CC1. The molecule has 1 saturated heterocycles. The number of carbonyl (C=O) groups excluding carboxylic acids is 1. The molecule has 168 valence electrons. The maximum Gasteiger partial charge on any atom is 0.416 e. The molecule has 0 aliphatic carbocycles. The third kappa shape index (κ3) is 5.01. The highest BCUT2D eigenvalue weighted by molar-refractivity contribution is 7.89. The minimum Gasteiger partial charge on any atom is -0.336 e. The maximum absolute atomic E-state index is 13.0. The molecule has 2 aromatic carbocycles. The topological polar surface area (TPSA) is 57.7 Å². The predicted octanol–water partition coefficient (Wildman–Crippen LogP) is 3.87. The number of benzene rings is 2. The Hall–Kier alpha value is -2.60. The Morgan fingerprint density at radius 2 is 1.26 bits per heavy atom. The standard InChI is InChI=1S/C19H16F6N2O3S/c20-18(21,22)14-10-13(11-15(12-14)19(23,24)25)17(28)26-6-8-27(9-7-26)31(29,30)16-4-2-1-3-5-16/h1-5,10-12H,6-9H2. The summed E-state index contributed by atoms with van der Waals surface area (Å²) in [6.45, 7) is -0.646. The Kier molecular flexibility index (Phi) is 6.07. The fourth-order valence-corrected chi connectivity index (χ4v) is 4.58. The Bertz CT molecular complexity index is 1030. The van der Waals surface area contributed by atoms with Gasteiger partial charge >= 0.3 is 12.4 Å². The van der Waals surface area contributed by atoms with E-state index in [1.165, 1.54) is 12.1 Å². The zero-order valence-corrected chi connectivity index (χ0v) is 16.6. The van der Waals surface area contributed by atoms with Gasteiger partial charge in [0.25, 0.3) is 5.91 Å². The van der Waals surface area contributed by atoms with Crippen molar-refractivity contribution in [2.24, 2.45) is 0 Å². The molecule has 1 fully saturated rings. The normalized spacial score (nSPS) is 16.4. The molecule has 0 saturated carbocycles. The molecule has 2 aromatic rings. The van der Waals surface area contributed by atoms with Gasteiger partial charge in [-0.3, -0.25) is 4.79 Å². The molecule has 12 heteroatoms. The summed E-state index contributed by atoms with van der Waals surface area (Å²) in [7, 11) is -3.83. The van der Waals surface area contributed by atoms with E-state index in [0.29, 0.717) is 12.1 Å². The van der Waals surface area contributed by atoms with Crippen LogP contribution in [0.1, 0.15) is 21.5 Å². The highest BCUT2D eigenvalue weighted by Gasteiger charge is 2.38. The average Bonchev–Trinajstić information content (AvgIpc) is 2.72. The van der Waals surface area contributed by atoms with Crippen LogP contribution in [0.15, 0.2) is 53.4 Å². The van der Waals surface area contributed by atoms with Crippen molar-refractivity contribution < 1.29 is 39.6 Å². The van der Waals surface area contributed by atoms with Crippen molar-refractivity contribution in [2.45, 2.75) is 17.2 Å². The van der Waals surface area contributed by atoms with E-state index in [4.69, 9.17) is 0 Å². The summed E-state index contributed by atoms with van der Waals surface area (Å²) in [5.41, 5.74) is -3.94. The smallest absolute Gasteiger partial charge is 0.336 e. The molecule has 0 radical (unpaired) electrons. The Morgan fingerprint density at radius 3 is 1.71 bits per heavy atom. The van der Waals surface area contributed by atoms with Gasteiger partial charge in [0, 0.05) is 31.7 Å². The van der Waals surface area contributed by atoms with E-state index in [1.54, 1.807) is 18.2 Å². The second-order valence-electron chi connectivity index (χ2n) is 6.80. The number of halogens is 6. The van der Waals surface area contributed by atoms with Gasteiger partial charge in [-0.1, -0.05) is 18.2 Å². The highest BCUT2D eigenvalue weighted by atomic mass is 32.2. The van der Waals surface area contributed by atoms with Crippen LogP contribution in [-0.4, -0.2) is 49.7 Å². The number of alkyl halides is 6. The van der Waals surface area contributed by atoms with Crippen molar-refractivity contribution in [3.8, 4) is 0 Å². The van der Waals surface area contributed by atoms with Gasteiger partial charge in [0.2, 0.25) is 10.0 Å². The number of nitrogens with zero attached hydrogens (tertiary/aromatic N) is 2. The average molecular weight is 466 g/mol. The Balaban J connectivity index is 1.81. The molecule has 1 aliphatic rings. The van der Waals surface area contributed by atoms with Crippen LogP contribution in [0.25, 0.3) is 0 Å². The van der Waals surface area contributed by atoms with Crippen LogP contribution < -0.4 is 0 Å². The van der Waals surface area contributed by atoms with E-state index >= 15 is 0 Å². The van der Waals surface area contributed by atoms with E-state index in [2.05, 4.69) is 0 Å². The Labute approximate surface area is 173 Å². The van der Waals surface area contributed by atoms with Crippen LogP contribution in [0.2, 0.25) is 0 Å². The molecule has 0 N–H and O–H groups in total. The van der Waals surface area contributed by atoms with Gasteiger partial charge < -0.3 is 4.90 Å². The van der Waals surface area contributed by atoms with Gasteiger partial charge in [-0.2, -0.15) is 30.6 Å². The fraction of sp³-hybridized carbons (Fsp3) is 0.316. The predicted molar refractivity (Wildman–Crippen MR) is 97.6 cm³/mol. The van der Waals surface area contributed by atoms with Gasteiger partial charge in [-0.25, -0.2) is 8.42 Å². The molecule has 1 heterocycles. The Morgan fingerprint density at radius 1 is 0.774 bits per heavy atom. The van der Waals surface area contributed by atoms with E-state index in [0.717, 1.165) is 9.21 Å². The van der Waals surface area contributed by atoms with Crippen LogP contribution in [-0.2, 0) is 22.4 Å². The van der Waals surface area contributed by atoms with Crippen molar-refractivity contribution in [3.63, 3.8) is 0 Å². The zero-order valence-electron chi connectivity index (χ0n) is 15.7. The molecule has 0 spiro atoms. The summed E-state index contributed by atoms with van der Waals surface area (Å²) in [6, 6.07) is 8.19. The number of carbonyl (C=O) groups is 1. The third-order valence-corrected chi connectivity index (χ3v) is 6.65. The van der Waals surface area contributed by atoms with Crippen molar-refractivity contribution in [3.05, 3.63) is 65.2 Å². The lowest BCUT2D eigenvalue weighted by Gasteiger charge is -2.34. The lowest BCUT2D eigenvalue weighted by Crippen LogP contribution is -2.50. The lowest BCUT2D eigenvalue weighted by atomic mass is 10.0. The van der Waals surface area contributed by atoms with Crippen LogP contribution in [0, 0.1) is 0 Å². The first-order valence-electron chi connectivity index (χ1n) is 8.94. The number of amides is 1. The molecule has 3 rings (SSSR count). The number of piperazine rings is 1. The van der Waals surface area contributed by atoms with Crippen LogP contribution in [0.3, 0.4) is 0 Å². The van der Waals surface area contributed by atoms with Crippen molar-refractivity contribution in [1.82, 2.24) is 9.21 Å². The van der Waals surface area contributed by atoms with Gasteiger partial charge in [0.05, 0.1) is 16.0 Å². The van der Waals surface area contributed by atoms with Crippen molar-refractivity contribution in [1.29, 1.82) is 0 Å². The third-order valence-electron chi connectivity index (χ3n) is 4.74. The van der Waals surface area contributed by atoms with Crippen LogP contribution in [0.4, 0.5) is 26.3 Å². The van der Waals surface area contributed by atoms with Gasteiger partial charge in [-0.15, -0.1) is 0 Å². The summed E-state index contributed by atoms with van der Waals surface area (Å²) in [5, 5.41) is 0. The maximum atomic E-state index is 13.0. The van der Waals surface area contributed by atoms with E-state index in [9.17, 15) is 39.6 Å². The first-order valence-corrected chi connectivity index (χ1v) is 10.4. The fourth-order valence-electron chi connectivity index (χ4n) is 3.13. The van der Waals surface area contributed by atoms with Crippen LogP contribution >= 0.6 is 0 Å². The first kappa shape index (κ1) is 23.1. The van der Waals surface area contributed by atoms with Gasteiger partial charge in [0.1, 0.15) is 0 Å². The van der Waals surface area contributed by atoms with Gasteiger partial charge in [-0.05, 0) is 30.3 Å². The summed E-state index contributed by atoms with van der Waals surface area (Å²) < 4.78 is 104. The number of hydrogen-bond acceptors (Lipinski definition) is 3. The number of hydrogen-bond donors (Lipinski definition) is 0. The van der Waals surface area contributed by atoms with Crippen LogP contribution in [0.5, 0.6) is 0 Å². The lowest BCUT2D eigenvalue weighted by molar-refractivity contribution is -0.143. The monoisotopic (exact) mass is 466 g/mol. The molecule has 1 amide bonds. The molecular formula is C19H16F6N2O3S. The molecule has 0 bridgehead atoms. The molecular weight excluding hydrogens is 450 g/mol. The van der Waals surface area contributed by atoms with Crippen molar-refractivity contribution in [2.75, 3.05) is 26.2 Å². The molecule has 0 unspecified atom stereocenters. The molecule has 0 aromatic heterocycles. The highest BCUT2D eigenvalue weighted by Crippen LogP contribution is 2.36. The molecule has 1 aliphatic heterocycles. The quantitative estimate of drug-likeness (QED) is 0.646. The minimum atomic E-state index is -5.07. The summed E-state index contributed by atoms with van der Waals surface area (Å²) in [4.78, 5) is 13.7. The van der Waals surface area contributed by atoms with E-state index in [-0.39, 0.29) is 37.1 Å². The van der Waals surface area contributed by atoms with E-state index in [1.807, 2.05) is 0 Å². The summed E-state index contributed by atoms with van der Waals surface area (Å²) in [6.07, 6.45) is -10.1. The second-order valence-corrected chi connectivity index (χ2v) is 8.74. The van der Waals surface area contributed by atoms with E-state index < -0.39 is 45.0 Å². The molecule has 5 nitrogen and oxygen atoms in total. The van der Waals surface area contributed by atoms with Gasteiger partial charge in [0.15, 0.2) is 0 Å².